The summed E-state index contributed by atoms with van der Waals surface area (Å²) in [5.74, 6) is 0.932. The number of benzene rings is 1. The third kappa shape index (κ3) is 4.96. The highest BCUT2D eigenvalue weighted by Crippen LogP contribution is 2.37. The Morgan fingerprint density at radius 1 is 1.30 bits per heavy atom. The number of nitrogens with zero attached hydrogens (tertiary/aromatic N) is 3. The number of aromatic nitrogens is 2. The maximum Gasteiger partial charge on any atom is 0.227 e. The van der Waals surface area contributed by atoms with Gasteiger partial charge in [0, 0.05) is 43.9 Å². The highest BCUT2D eigenvalue weighted by molar-refractivity contribution is 6.33. The summed E-state index contributed by atoms with van der Waals surface area (Å²) in [5, 5.41) is 7.88. The van der Waals surface area contributed by atoms with Gasteiger partial charge in [-0.3, -0.25) is 14.4 Å². The molecule has 8 heteroatoms. The number of hydrogen-bond donors (Lipinski definition) is 1. The van der Waals surface area contributed by atoms with Crippen molar-refractivity contribution in [3.05, 3.63) is 29.4 Å². The van der Waals surface area contributed by atoms with Gasteiger partial charge in [0.05, 0.1) is 30.1 Å². The first kappa shape index (κ1) is 21.2. The number of aryl methyl sites for hydroxylation is 1. The fourth-order valence-corrected chi connectivity index (χ4v) is 4.44. The van der Waals surface area contributed by atoms with Gasteiger partial charge in [0.25, 0.3) is 0 Å². The van der Waals surface area contributed by atoms with E-state index in [9.17, 15) is 4.79 Å². The van der Waals surface area contributed by atoms with Crippen molar-refractivity contribution in [3.8, 4) is 17.0 Å². The molecule has 1 N–H and O–H groups in total. The highest BCUT2D eigenvalue weighted by Gasteiger charge is 2.23. The van der Waals surface area contributed by atoms with Gasteiger partial charge in [0.1, 0.15) is 12.4 Å². The van der Waals surface area contributed by atoms with Gasteiger partial charge in [0.15, 0.2) is 0 Å². The molecule has 2 aliphatic rings. The van der Waals surface area contributed by atoms with Gasteiger partial charge in [-0.1, -0.05) is 24.4 Å². The molecule has 1 aromatic heterocycles. The summed E-state index contributed by atoms with van der Waals surface area (Å²) >= 11 is 6.42. The molecule has 2 fully saturated rings. The van der Waals surface area contributed by atoms with Gasteiger partial charge < -0.3 is 14.8 Å². The van der Waals surface area contributed by atoms with Crippen molar-refractivity contribution in [2.75, 3.05) is 44.8 Å². The minimum atomic E-state index is 0.0931. The van der Waals surface area contributed by atoms with Gasteiger partial charge in [-0.05, 0) is 31.0 Å². The van der Waals surface area contributed by atoms with Crippen LogP contribution in [0.2, 0.25) is 5.02 Å². The van der Waals surface area contributed by atoms with Crippen LogP contribution in [-0.2, 0) is 16.6 Å². The zero-order valence-corrected chi connectivity index (χ0v) is 18.2. The Morgan fingerprint density at radius 2 is 2.07 bits per heavy atom. The van der Waals surface area contributed by atoms with E-state index in [4.69, 9.17) is 21.1 Å². The van der Waals surface area contributed by atoms with Crippen molar-refractivity contribution < 1.29 is 14.3 Å². The minimum absolute atomic E-state index is 0.0931. The summed E-state index contributed by atoms with van der Waals surface area (Å²) in [4.78, 5) is 14.9. The Kier molecular flexibility index (Phi) is 6.92. The van der Waals surface area contributed by atoms with Gasteiger partial charge in [0.2, 0.25) is 5.91 Å². The van der Waals surface area contributed by atoms with Crippen molar-refractivity contribution in [1.82, 2.24) is 14.7 Å². The Morgan fingerprint density at radius 3 is 2.77 bits per heavy atom. The van der Waals surface area contributed by atoms with Crippen molar-refractivity contribution in [2.24, 2.45) is 13.0 Å². The van der Waals surface area contributed by atoms with E-state index in [1.165, 1.54) is 0 Å². The van der Waals surface area contributed by atoms with E-state index in [-0.39, 0.29) is 11.8 Å². The Hall–Kier alpha value is -2.09. The maximum atomic E-state index is 12.6. The Bertz CT molecular complexity index is 854. The Labute approximate surface area is 182 Å². The zero-order chi connectivity index (χ0) is 20.9. The van der Waals surface area contributed by atoms with Gasteiger partial charge in [-0.15, -0.1) is 0 Å². The lowest BCUT2D eigenvalue weighted by atomic mass is 10.1. The summed E-state index contributed by atoms with van der Waals surface area (Å²) in [6, 6.07) is 5.73. The number of amides is 1. The molecule has 1 aromatic carbocycles. The molecule has 0 spiro atoms. The normalized spacial score (nSPS) is 17.9. The third-order valence-corrected chi connectivity index (χ3v) is 6.17. The summed E-state index contributed by atoms with van der Waals surface area (Å²) in [7, 11) is 1.85. The van der Waals surface area contributed by atoms with E-state index in [1.54, 1.807) is 10.9 Å². The molecule has 0 atom stereocenters. The first-order valence-corrected chi connectivity index (χ1v) is 11.1. The molecule has 1 amide bonds. The van der Waals surface area contributed by atoms with Crippen LogP contribution in [0, 0.1) is 5.92 Å². The Balaban J connectivity index is 1.51. The smallest absolute Gasteiger partial charge is 0.227 e. The minimum Gasteiger partial charge on any atom is -0.492 e. The molecule has 0 radical (unpaired) electrons. The summed E-state index contributed by atoms with van der Waals surface area (Å²) in [6.07, 6.45) is 5.82. The van der Waals surface area contributed by atoms with Crippen molar-refractivity contribution >= 4 is 23.2 Å². The summed E-state index contributed by atoms with van der Waals surface area (Å²) in [5.41, 5.74) is 2.35. The number of anilines is 1. The number of carbonyl (C=O) groups is 1. The molecule has 7 nitrogen and oxygen atoms in total. The molecule has 4 rings (SSSR count). The summed E-state index contributed by atoms with van der Waals surface area (Å²) in [6.45, 7) is 4.79. The van der Waals surface area contributed by atoms with E-state index in [2.05, 4.69) is 15.3 Å². The van der Waals surface area contributed by atoms with Crippen LogP contribution in [0.1, 0.15) is 25.7 Å². The van der Waals surface area contributed by atoms with Crippen LogP contribution in [-0.4, -0.2) is 60.0 Å². The topological polar surface area (TPSA) is 68.6 Å². The molecular weight excluding hydrogens is 404 g/mol. The molecule has 162 valence electrons. The van der Waals surface area contributed by atoms with E-state index in [1.807, 2.05) is 25.2 Å². The van der Waals surface area contributed by atoms with Crippen LogP contribution < -0.4 is 10.1 Å². The van der Waals surface area contributed by atoms with Crippen LogP contribution in [0.4, 0.5) is 5.69 Å². The number of nitrogens with one attached hydrogen (secondary N) is 1. The van der Waals surface area contributed by atoms with Crippen LogP contribution in [0.3, 0.4) is 0 Å². The molecule has 0 bridgehead atoms. The van der Waals surface area contributed by atoms with Gasteiger partial charge in [-0.25, -0.2) is 0 Å². The second-order valence-corrected chi connectivity index (χ2v) is 8.36. The highest BCUT2D eigenvalue weighted by atomic mass is 35.5. The van der Waals surface area contributed by atoms with Gasteiger partial charge >= 0.3 is 0 Å². The van der Waals surface area contributed by atoms with E-state index in [0.717, 1.165) is 81.2 Å². The van der Waals surface area contributed by atoms with Crippen molar-refractivity contribution in [2.45, 2.75) is 25.7 Å². The number of ether oxygens (including phenoxy) is 2. The molecule has 0 unspecified atom stereocenters. The number of halogens is 1. The fraction of sp³-hybridized carbons (Fsp3) is 0.545. The van der Waals surface area contributed by atoms with Crippen molar-refractivity contribution in [3.63, 3.8) is 0 Å². The number of hydrogen-bond acceptors (Lipinski definition) is 5. The molecule has 1 aliphatic carbocycles. The number of carbonyl (C=O) groups excluding carboxylic acids is 1. The zero-order valence-electron chi connectivity index (χ0n) is 17.4. The number of morpholine rings is 1. The maximum absolute atomic E-state index is 12.6. The largest absolute Gasteiger partial charge is 0.492 e. The second-order valence-electron chi connectivity index (χ2n) is 7.95. The quantitative estimate of drug-likeness (QED) is 0.724. The van der Waals surface area contributed by atoms with E-state index >= 15 is 0 Å². The average molecular weight is 433 g/mol. The SMILES string of the molecule is Cn1ncc(Cl)c1-c1cc(NC(=O)C2CCCC2)ccc1OCCN1CCOCC1. The lowest BCUT2D eigenvalue weighted by Crippen LogP contribution is -2.38. The molecule has 30 heavy (non-hydrogen) atoms. The molecule has 1 aliphatic heterocycles. The predicted octanol–water partition coefficient (Wildman–Crippen LogP) is 3.58. The average Bonchev–Trinajstić information content (AvgIpc) is 3.40. The van der Waals surface area contributed by atoms with Crippen molar-refractivity contribution in [1.29, 1.82) is 0 Å². The lowest BCUT2D eigenvalue weighted by Gasteiger charge is -2.26. The second kappa shape index (κ2) is 9.81. The van der Waals surface area contributed by atoms with Crippen LogP contribution in [0.25, 0.3) is 11.3 Å². The first-order chi connectivity index (χ1) is 14.6. The molecule has 2 heterocycles. The molecule has 1 saturated carbocycles. The fourth-order valence-electron chi connectivity index (χ4n) is 4.17. The predicted molar refractivity (Wildman–Crippen MR) is 117 cm³/mol. The monoisotopic (exact) mass is 432 g/mol. The molecule has 1 saturated heterocycles. The van der Waals surface area contributed by atoms with Crippen LogP contribution in [0.15, 0.2) is 24.4 Å². The third-order valence-electron chi connectivity index (χ3n) is 5.89. The van der Waals surface area contributed by atoms with Gasteiger partial charge in [-0.2, -0.15) is 5.10 Å². The molecule has 2 aromatic rings. The number of rotatable bonds is 7. The van der Waals surface area contributed by atoms with E-state index in [0.29, 0.717) is 11.6 Å². The van der Waals surface area contributed by atoms with Crippen LogP contribution in [0.5, 0.6) is 5.75 Å². The standard InChI is InChI=1S/C22H29ClN4O3/c1-26-21(19(23)15-24-26)18-14-17(25-22(28)16-4-2-3-5-16)6-7-20(18)30-13-10-27-8-11-29-12-9-27/h6-7,14-16H,2-5,8-13H2,1H3,(H,25,28). The first-order valence-electron chi connectivity index (χ1n) is 10.7. The van der Waals surface area contributed by atoms with Crippen LogP contribution >= 0.6 is 11.6 Å². The lowest BCUT2D eigenvalue weighted by molar-refractivity contribution is -0.119. The summed E-state index contributed by atoms with van der Waals surface area (Å²) < 4.78 is 13.3. The molecular formula is C22H29ClN4O3. The van der Waals surface area contributed by atoms with E-state index < -0.39 is 0 Å².